The van der Waals surface area contributed by atoms with E-state index in [1.54, 1.807) is 78.1 Å². The van der Waals surface area contributed by atoms with E-state index < -0.39 is 0 Å². The minimum atomic E-state index is -0.0879. The third-order valence-corrected chi connectivity index (χ3v) is 21.1. The molecule has 0 N–H and O–H groups in total. The molecule has 0 bridgehead atoms. The molecule has 0 spiro atoms. The first-order valence-electron chi connectivity index (χ1n) is 31.2. The third kappa shape index (κ3) is 10.8. The van der Waals surface area contributed by atoms with Gasteiger partial charge in [0.05, 0.1) is 4.88 Å². The fraction of sp³-hybridized carbons (Fsp3) is 0.534. The highest BCUT2D eigenvalue weighted by Crippen LogP contribution is 2.71. The van der Waals surface area contributed by atoms with E-state index in [9.17, 15) is 0 Å². The molecule has 0 unspecified atom stereocenters. The predicted octanol–water partition coefficient (Wildman–Crippen LogP) is 23.7. The highest BCUT2D eigenvalue weighted by Gasteiger charge is 2.57. The first kappa shape index (κ1) is 55.6. The molecule has 0 saturated heterocycles. The number of fused-ring (bicyclic) bond motifs is 12. The molecule has 0 aliphatic heterocycles. The number of hydrogen-bond acceptors (Lipinski definition) is 2. The van der Waals surface area contributed by atoms with E-state index >= 15 is 0 Å². The van der Waals surface area contributed by atoms with Crippen LogP contribution >= 0.6 is 22.7 Å². The van der Waals surface area contributed by atoms with Crippen molar-refractivity contribution in [3.63, 3.8) is 0 Å². The highest BCUT2D eigenvalue weighted by atomic mass is 32.1. The van der Waals surface area contributed by atoms with E-state index in [-0.39, 0.29) is 16.2 Å². The molecule has 0 saturated carbocycles. The minimum Gasteiger partial charge on any atom is -0.134 e. The summed E-state index contributed by atoms with van der Waals surface area (Å²) in [5.74, 6) is 2.90. The van der Waals surface area contributed by atoms with E-state index in [4.69, 9.17) is 6.42 Å². The molecule has 2 heteroatoms. The quantitative estimate of drug-likeness (QED) is 0.0292. The molecule has 2 aromatic heterocycles. The van der Waals surface area contributed by atoms with Gasteiger partial charge in [0.1, 0.15) is 0 Å². The maximum absolute atomic E-state index is 5.91. The number of hydrogen-bond donors (Lipinski definition) is 0. The molecule has 6 aromatic rings. The van der Waals surface area contributed by atoms with Gasteiger partial charge in [0.2, 0.25) is 0 Å². The molecular formula is C73H94S2. The monoisotopic (exact) mass is 1030 g/mol. The van der Waals surface area contributed by atoms with Gasteiger partial charge in [-0.25, -0.2) is 0 Å². The number of thiophene rings is 2. The van der Waals surface area contributed by atoms with Crippen molar-refractivity contribution in [3.8, 4) is 65.9 Å². The van der Waals surface area contributed by atoms with Gasteiger partial charge in [-0.3, -0.25) is 0 Å². The topological polar surface area (TPSA) is 0 Å². The largest absolute Gasteiger partial charge is 0.134 e. The smallest absolute Gasteiger partial charge is 0.0772 e. The first-order chi connectivity index (χ1) is 36.9. The van der Waals surface area contributed by atoms with Gasteiger partial charge in [-0.05, 0) is 141 Å². The summed E-state index contributed by atoms with van der Waals surface area (Å²) in [6.07, 6.45) is 44.5. The minimum absolute atomic E-state index is 0.0231. The zero-order valence-electron chi connectivity index (χ0n) is 47.8. The SMILES string of the molecule is C#Cc1ccc(-c2ccc(-c3ccc4c(c3)C(CCCCCC)(CCCCCC)c3c5c(c6c(c3-4)C(CCCCCC)(CCCCCC)c3ccccc3-6)C(CCCCCC)(CCCCCC)c3ccccc3-5)s2)s1. The van der Waals surface area contributed by atoms with Crippen molar-refractivity contribution in [3.05, 3.63) is 129 Å². The van der Waals surface area contributed by atoms with E-state index in [0.29, 0.717) is 0 Å². The second-order valence-electron chi connectivity index (χ2n) is 23.7. The number of rotatable bonds is 32. The van der Waals surface area contributed by atoms with Crippen LogP contribution in [0.25, 0.3) is 53.6 Å². The van der Waals surface area contributed by atoms with Crippen molar-refractivity contribution >= 4 is 22.7 Å². The van der Waals surface area contributed by atoms with Crippen molar-refractivity contribution in [2.45, 2.75) is 250 Å². The molecule has 2 heterocycles. The third-order valence-electron chi connectivity index (χ3n) is 18.8. The Morgan fingerprint density at radius 1 is 0.347 bits per heavy atom. The lowest BCUT2D eigenvalue weighted by molar-refractivity contribution is 0.389. The molecular weight excluding hydrogens is 941 g/mol. The summed E-state index contributed by atoms with van der Waals surface area (Å²) in [7, 11) is 0. The van der Waals surface area contributed by atoms with Gasteiger partial charge < -0.3 is 0 Å². The standard InChI is InChI=1S/C73H94S2/c1-8-15-21-31-47-71(48-32-22-16-9-2)60-40-30-28-38-57(60)66-68(71)65-56-37-27-29-39-59(56)72(49-33-23-17-10-3,50-34-24-18-11-4)69(65)67-58-43-41-54(62-45-46-64(75-62)63-44-42-55(14-7)74-63)53-61(58)73(70(66)67,51-35-25-19-12-5)52-36-26-20-13-6/h7,27-30,37-46,53H,8-13,15-26,31-36,47-52H2,1-6H3. The van der Waals surface area contributed by atoms with Crippen LogP contribution in [0.2, 0.25) is 0 Å². The second kappa shape index (κ2) is 26.0. The molecule has 3 aliphatic rings. The maximum Gasteiger partial charge on any atom is 0.0772 e. The lowest BCUT2D eigenvalue weighted by Crippen LogP contribution is -2.31. The van der Waals surface area contributed by atoms with E-state index in [2.05, 4.69) is 138 Å². The summed E-state index contributed by atoms with van der Waals surface area (Å²) >= 11 is 3.70. The molecule has 0 fully saturated rings. The predicted molar refractivity (Wildman–Crippen MR) is 332 cm³/mol. The summed E-state index contributed by atoms with van der Waals surface area (Å²) in [6.45, 7) is 14.4. The molecule has 398 valence electrons. The molecule has 4 aromatic carbocycles. The Hall–Kier alpha value is -4.16. The number of unbranched alkanes of at least 4 members (excludes halogenated alkanes) is 18. The summed E-state index contributed by atoms with van der Waals surface area (Å²) in [5, 5.41) is 0. The number of terminal acetylenes is 1. The van der Waals surface area contributed by atoms with Gasteiger partial charge in [0, 0.05) is 30.9 Å². The van der Waals surface area contributed by atoms with Gasteiger partial charge in [-0.1, -0.05) is 262 Å². The van der Waals surface area contributed by atoms with Gasteiger partial charge in [0.15, 0.2) is 0 Å². The van der Waals surface area contributed by atoms with Crippen LogP contribution in [-0.4, -0.2) is 0 Å². The van der Waals surface area contributed by atoms with Crippen LogP contribution in [0.3, 0.4) is 0 Å². The average molecular weight is 1040 g/mol. The molecule has 0 amide bonds. The molecule has 75 heavy (non-hydrogen) atoms. The molecule has 0 nitrogen and oxygen atoms in total. The molecule has 0 radical (unpaired) electrons. The Morgan fingerprint density at radius 3 is 1.08 bits per heavy atom. The number of benzene rings is 4. The van der Waals surface area contributed by atoms with Gasteiger partial charge >= 0.3 is 0 Å². The average Bonchev–Trinajstić information content (AvgIpc) is 4.37. The van der Waals surface area contributed by atoms with Crippen LogP contribution < -0.4 is 0 Å². The summed E-state index contributed by atoms with van der Waals surface area (Å²) in [6, 6.07) is 37.4. The highest BCUT2D eigenvalue weighted by molar-refractivity contribution is 7.24. The van der Waals surface area contributed by atoms with E-state index in [1.165, 1.54) is 213 Å². The maximum atomic E-state index is 5.91. The molecule has 0 atom stereocenters. The Balaban J connectivity index is 1.42. The summed E-state index contributed by atoms with van der Waals surface area (Å²) < 4.78 is 0. The van der Waals surface area contributed by atoms with Crippen molar-refractivity contribution in [1.82, 2.24) is 0 Å². The van der Waals surface area contributed by atoms with Crippen LogP contribution in [0.4, 0.5) is 0 Å². The van der Waals surface area contributed by atoms with Gasteiger partial charge in [0.25, 0.3) is 0 Å². The van der Waals surface area contributed by atoms with Crippen LogP contribution in [0, 0.1) is 12.3 Å². The molecule has 3 aliphatic carbocycles. The van der Waals surface area contributed by atoms with Crippen molar-refractivity contribution in [2.24, 2.45) is 0 Å². The Bertz CT molecular complexity index is 2810. The van der Waals surface area contributed by atoms with E-state index in [1.807, 2.05) is 11.3 Å². The zero-order valence-corrected chi connectivity index (χ0v) is 49.4. The van der Waals surface area contributed by atoms with Crippen molar-refractivity contribution in [1.29, 1.82) is 0 Å². The summed E-state index contributed by atoms with van der Waals surface area (Å²) in [5.41, 5.74) is 21.4. The van der Waals surface area contributed by atoms with Gasteiger partial charge in [-0.15, -0.1) is 29.1 Å². The van der Waals surface area contributed by atoms with Crippen LogP contribution in [0.5, 0.6) is 0 Å². The fourth-order valence-corrected chi connectivity index (χ4v) is 17.1. The van der Waals surface area contributed by atoms with Crippen LogP contribution in [-0.2, 0) is 16.2 Å². The van der Waals surface area contributed by atoms with Crippen molar-refractivity contribution in [2.75, 3.05) is 0 Å². The zero-order chi connectivity index (χ0) is 52.3. The second-order valence-corrected chi connectivity index (χ2v) is 25.9. The first-order valence-corrected chi connectivity index (χ1v) is 32.8. The van der Waals surface area contributed by atoms with Crippen LogP contribution in [0.15, 0.2) is 91.0 Å². The Kier molecular flexibility index (Phi) is 19.3. The Labute approximate surface area is 465 Å². The normalized spacial score (nSPS) is 14.8. The van der Waals surface area contributed by atoms with E-state index in [0.717, 1.165) is 4.88 Å². The van der Waals surface area contributed by atoms with Crippen LogP contribution in [0.1, 0.15) is 272 Å². The van der Waals surface area contributed by atoms with Gasteiger partial charge in [-0.2, -0.15) is 0 Å². The lowest BCUT2D eigenvalue weighted by Gasteiger charge is -2.39. The lowest BCUT2D eigenvalue weighted by atomic mass is 9.63. The Morgan fingerprint density at radius 2 is 0.693 bits per heavy atom. The van der Waals surface area contributed by atoms with Crippen molar-refractivity contribution < 1.29 is 0 Å². The molecule has 9 rings (SSSR count). The summed E-state index contributed by atoms with van der Waals surface area (Å²) in [4.78, 5) is 4.98. The fourth-order valence-electron chi connectivity index (χ4n) is 15.2.